The normalized spacial score (nSPS) is 10.8. The van der Waals surface area contributed by atoms with Gasteiger partial charge in [-0.15, -0.1) is 0 Å². The van der Waals surface area contributed by atoms with Crippen LogP contribution in [0.5, 0.6) is 0 Å². The largest absolute Gasteiger partial charge is 0.443 e. The van der Waals surface area contributed by atoms with Gasteiger partial charge in [-0.25, -0.2) is 4.98 Å². The third-order valence-electron chi connectivity index (χ3n) is 3.33. The van der Waals surface area contributed by atoms with E-state index < -0.39 is 0 Å². The number of aromatic nitrogens is 1. The molecule has 0 amide bonds. The molecule has 3 aromatic rings. The van der Waals surface area contributed by atoms with Crippen LogP contribution in [-0.2, 0) is 6.42 Å². The number of rotatable bonds is 4. The SMILES string of the molecule is Cc1ccc(NCCc2ccc3ncoc3c2)c(N)c1. The first-order valence-corrected chi connectivity index (χ1v) is 6.64. The molecule has 0 unspecified atom stereocenters. The number of anilines is 2. The van der Waals surface area contributed by atoms with Crippen LogP contribution in [0.25, 0.3) is 11.1 Å². The van der Waals surface area contributed by atoms with Crippen molar-refractivity contribution in [1.82, 2.24) is 4.98 Å². The van der Waals surface area contributed by atoms with Gasteiger partial charge in [-0.1, -0.05) is 12.1 Å². The van der Waals surface area contributed by atoms with E-state index in [-0.39, 0.29) is 0 Å². The van der Waals surface area contributed by atoms with Gasteiger partial charge in [0.1, 0.15) is 5.52 Å². The number of hydrogen-bond donors (Lipinski definition) is 2. The molecule has 3 N–H and O–H groups in total. The summed E-state index contributed by atoms with van der Waals surface area (Å²) in [6, 6.07) is 12.1. The van der Waals surface area contributed by atoms with Crippen LogP contribution in [0.4, 0.5) is 11.4 Å². The van der Waals surface area contributed by atoms with Gasteiger partial charge < -0.3 is 15.5 Å². The standard InChI is InChI=1S/C16H17N3O/c1-11-2-4-14(13(17)8-11)18-7-6-12-3-5-15-16(9-12)20-10-19-15/h2-5,8-10,18H,6-7,17H2,1H3. The summed E-state index contributed by atoms with van der Waals surface area (Å²) in [7, 11) is 0. The molecule has 0 bridgehead atoms. The Labute approximate surface area is 117 Å². The lowest BCUT2D eigenvalue weighted by molar-refractivity contribution is 0.601. The van der Waals surface area contributed by atoms with Gasteiger partial charge in [-0.3, -0.25) is 0 Å². The van der Waals surface area contributed by atoms with Crippen molar-refractivity contribution in [1.29, 1.82) is 0 Å². The molecule has 0 aliphatic carbocycles. The van der Waals surface area contributed by atoms with Crippen LogP contribution in [0, 0.1) is 6.92 Å². The zero-order chi connectivity index (χ0) is 13.9. The molecule has 0 aliphatic heterocycles. The van der Waals surface area contributed by atoms with Gasteiger partial charge in [0, 0.05) is 6.54 Å². The van der Waals surface area contributed by atoms with E-state index in [4.69, 9.17) is 10.2 Å². The van der Waals surface area contributed by atoms with Crippen LogP contribution in [0.1, 0.15) is 11.1 Å². The van der Waals surface area contributed by atoms with Gasteiger partial charge in [0.05, 0.1) is 11.4 Å². The molecule has 4 heteroatoms. The van der Waals surface area contributed by atoms with Gasteiger partial charge in [0.15, 0.2) is 12.0 Å². The summed E-state index contributed by atoms with van der Waals surface area (Å²) < 4.78 is 5.30. The van der Waals surface area contributed by atoms with E-state index in [9.17, 15) is 0 Å². The number of nitrogens with zero attached hydrogens (tertiary/aromatic N) is 1. The molecule has 1 heterocycles. The Morgan fingerprint density at radius 1 is 1.20 bits per heavy atom. The molecule has 20 heavy (non-hydrogen) atoms. The van der Waals surface area contributed by atoms with Crippen LogP contribution < -0.4 is 11.1 Å². The zero-order valence-corrected chi connectivity index (χ0v) is 11.4. The first kappa shape index (κ1) is 12.5. The van der Waals surface area contributed by atoms with E-state index >= 15 is 0 Å². The Morgan fingerprint density at radius 2 is 2.10 bits per heavy atom. The lowest BCUT2D eigenvalue weighted by Gasteiger charge is -2.10. The van der Waals surface area contributed by atoms with Crippen molar-refractivity contribution in [2.45, 2.75) is 13.3 Å². The van der Waals surface area contributed by atoms with Crippen LogP contribution in [0.3, 0.4) is 0 Å². The predicted molar refractivity (Wildman–Crippen MR) is 81.8 cm³/mol. The lowest BCUT2D eigenvalue weighted by Crippen LogP contribution is -2.06. The molecule has 0 fully saturated rings. The van der Waals surface area contributed by atoms with Gasteiger partial charge in [-0.05, 0) is 48.7 Å². The minimum Gasteiger partial charge on any atom is -0.443 e. The van der Waals surface area contributed by atoms with Crippen molar-refractivity contribution in [3.05, 3.63) is 53.9 Å². The quantitative estimate of drug-likeness (QED) is 0.711. The zero-order valence-electron chi connectivity index (χ0n) is 11.4. The Bertz CT molecular complexity index is 733. The molecule has 0 spiro atoms. The number of oxazole rings is 1. The van der Waals surface area contributed by atoms with E-state index in [0.29, 0.717) is 0 Å². The third kappa shape index (κ3) is 2.59. The summed E-state index contributed by atoms with van der Waals surface area (Å²) in [6.45, 7) is 2.86. The van der Waals surface area contributed by atoms with Crippen LogP contribution in [0.2, 0.25) is 0 Å². The van der Waals surface area contributed by atoms with E-state index in [1.165, 1.54) is 17.5 Å². The van der Waals surface area contributed by atoms with Gasteiger partial charge >= 0.3 is 0 Å². The molecule has 1 aromatic heterocycles. The van der Waals surface area contributed by atoms with Crippen molar-refractivity contribution >= 4 is 22.5 Å². The Kier molecular flexibility index (Phi) is 3.29. The molecule has 2 aromatic carbocycles. The average Bonchev–Trinajstić information content (AvgIpc) is 2.89. The molecule has 0 atom stereocenters. The van der Waals surface area contributed by atoms with Gasteiger partial charge in [-0.2, -0.15) is 0 Å². The van der Waals surface area contributed by atoms with Gasteiger partial charge in [0.2, 0.25) is 0 Å². The molecule has 0 saturated heterocycles. The maximum absolute atomic E-state index is 5.98. The molecule has 0 aliphatic rings. The average molecular weight is 267 g/mol. The van der Waals surface area contributed by atoms with Crippen molar-refractivity contribution in [2.24, 2.45) is 0 Å². The van der Waals surface area contributed by atoms with E-state index in [1.807, 2.05) is 31.2 Å². The first-order chi connectivity index (χ1) is 9.72. The summed E-state index contributed by atoms with van der Waals surface area (Å²) in [6.07, 6.45) is 2.38. The van der Waals surface area contributed by atoms with Crippen LogP contribution >= 0.6 is 0 Å². The minimum absolute atomic E-state index is 0.788. The second-order valence-electron chi connectivity index (χ2n) is 4.92. The highest BCUT2D eigenvalue weighted by Crippen LogP contribution is 2.20. The highest BCUT2D eigenvalue weighted by Gasteiger charge is 2.02. The fourth-order valence-electron chi connectivity index (χ4n) is 2.24. The smallest absolute Gasteiger partial charge is 0.181 e. The van der Waals surface area contributed by atoms with Crippen molar-refractivity contribution in [2.75, 3.05) is 17.6 Å². The fourth-order valence-corrected chi connectivity index (χ4v) is 2.24. The Hall–Kier alpha value is -2.49. The lowest BCUT2D eigenvalue weighted by atomic mass is 10.1. The number of nitrogens with one attached hydrogen (secondary N) is 1. The van der Waals surface area contributed by atoms with Crippen molar-refractivity contribution < 1.29 is 4.42 Å². The minimum atomic E-state index is 0.788. The number of benzene rings is 2. The number of nitrogen functional groups attached to an aromatic ring is 1. The number of nitrogens with two attached hydrogens (primary N) is 1. The van der Waals surface area contributed by atoms with E-state index in [1.54, 1.807) is 0 Å². The summed E-state index contributed by atoms with van der Waals surface area (Å²) >= 11 is 0. The molecule has 102 valence electrons. The second kappa shape index (κ2) is 5.25. The summed E-state index contributed by atoms with van der Waals surface area (Å²) in [5, 5.41) is 3.36. The summed E-state index contributed by atoms with van der Waals surface area (Å²) in [4.78, 5) is 4.11. The van der Waals surface area contributed by atoms with E-state index in [2.05, 4.69) is 22.4 Å². The predicted octanol–water partition coefficient (Wildman–Crippen LogP) is 3.37. The fraction of sp³-hybridized carbons (Fsp3) is 0.188. The van der Waals surface area contributed by atoms with Gasteiger partial charge in [0.25, 0.3) is 0 Å². The third-order valence-corrected chi connectivity index (χ3v) is 3.33. The first-order valence-electron chi connectivity index (χ1n) is 6.64. The summed E-state index contributed by atoms with van der Waals surface area (Å²) in [5.74, 6) is 0. The maximum Gasteiger partial charge on any atom is 0.181 e. The highest BCUT2D eigenvalue weighted by atomic mass is 16.3. The Morgan fingerprint density at radius 3 is 2.95 bits per heavy atom. The van der Waals surface area contributed by atoms with Crippen molar-refractivity contribution in [3.8, 4) is 0 Å². The number of fused-ring (bicyclic) bond motifs is 1. The maximum atomic E-state index is 5.98. The monoisotopic (exact) mass is 267 g/mol. The molecular weight excluding hydrogens is 250 g/mol. The summed E-state index contributed by atoms with van der Waals surface area (Å²) in [5.41, 5.74) is 11.9. The Balaban J connectivity index is 1.64. The van der Waals surface area contributed by atoms with Crippen LogP contribution in [-0.4, -0.2) is 11.5 Å². The molecular formula is C16H17N3O. The second-order valence-corrected chi connectivity index (χ2v) is 4.92. The molecule has 4 nitrogen and oxygen atoms in total. The molecule has 3 rings (SSSR count). The number of aryl methyl sites for hydroxylation is 1. The van der Waals surface area contributed by atoms with Crippen LogP contribution in [0.15, 0.2) is 47.2 Å². The van der Waals surface area contributed by atoms with Crippen molar-refractivity contribution in [3.63, 3.8) is 0 Å². The highest BCUT2D eigenvalue weighted by molar-refractivity contribution is 5.72. The van der Waals surface area contributed by atoms with E-state index in [0.717, 1.165) is 35.4 Å². The topological polar surface area (TPSA) is 64.1 Å². The molecule has 0 radical (unpaired) electrons. The molecule has 0 saturated carbocycles. The number of hydrogen-bond acceptors (Lipinski definition) is 4.